The summed E-state index contributed by atoms with van der Waals surface area (Å²) in [6, 6.07) is 13.4. The second kappa shape index (κ2) is 7.35. The summed E-state index contributed by atoms with van der Waals surface area (Å²) in [7, 11) is 0. The van der Waals surface area contributed by atoms with Crippen molar-refractivity contribution < 1.29 is 4.79 Å². The molecule has 0 atom stereocenters. The SMILES string of the molecule is CCCn1nc(C2CC2)c(-c2ccc(C)cn2)c1NC(=O)c1ccccc1. The molecule has 0 aliphatic heterocycles. The van der Waals surface area contributed by atoms with Crippen molar-refractivity contribution in [3.63, 3.8) is 0 Å². The molecule has 5 heteroatoms. The van der Waals surface area contributed by atoms with Crippen LogP contribution in [0.5, 0.6) is 0 Å². The summed E-state index contributed by atoms with van der Waals surface area (Å²) in [5.41, 5.74) is 4.65. The second-order valence-corrected chi connectivity index (χ2v) is 7.15. The molecule has 27 heavy (non-hydrogen) atoms. The van der Waals surface area contributed by atoms with Crippen LogP contribution in [0.25, 0.3) is 11.3 Å². The van der Waals surface area contributed by atoms with E-state index in [2.05, 4.69) is 23.3 Å². The maximum Gasteiger partial charge on any atom is 0.256 e. The summed E-state index contributed by atoms with van der Waals surface area (Å²) in [6.07, 6.45) is 5.11. The Bertz CT molecular complexity index is 940. The molecule has 1 N–H and O–H groups in total. The highest BCUT2D eigenvalue weighted by Crippen LogP contribution is 2.46. The Morgan fingerprint density at radius 1 is 1.19 bits per heavy atom. The summed E-state index contributed by atoms with van der Waals surface area (Å²) < 4.78 is 1.94. The third-order valence-corrected chi connectivity index (χ3v) is 4.81. The Hall–Kier alpha value is -2.95. The molecule has 1 aliphatic carbocycles. The molecule has 0 unspecified atom stereocenters. The van der Waals surface area contributed by atoms with E-state index in [0.717, 1.165) is 54.1 Å². The minimum absolute atomic E-state index is 0.122. The maximum atomic E-state index is 12.8. The normalized spacial score (nSPS) is 13.6. The zero-order valence-corrected chi connectivity index (χ0v) is 15.8. The third-order valence-electron chi connectivity index (χ3n) is 4.81. The number of rotatable bonds is 6. The van der Waals surface area contributed by atoms with Crippen molar-refractivity contribution in [2.75, 3.05) is 5.32 Å². The first-order valence-electron chi connectivity index (χ1n) is 9.57. The van der Waals surface area contributed by atoms with Gasteiger partial charge in [-0.2, -0.15) is 5.10 Å². The molecule has 3 aromatic rings. The van der Waals surface area contributed by atoms with Crippen LogP contribution in [-0.2, 0) is 6.54 Å². The van der Waals surface area contributed by atoms with Gasteiger partial charge in [0.1, 0.15) is 5.82 Å². The largest absolute Gasteiger partial charge is 0.306 e. The molecule has 2 aromatic heterocycles. The number of hydrogen-bond donors (Lipinski definition) is 1. The monoisotopic (exact) mass is 360 g/mol. The van der Waals surface area contributed by atoms with E-state index >= 15 is 0 Å². The lowest BCUT2D eigenvalue weighted by molar-refractivity contribution is 0.102. The number of aryl methyl sites for hydroxylation is 2. The molecule has 138 valence electrons. The van der Waals surface area contributed by atoms with E-state index in [9.17, 15) is 4.79 Å². The molecular formula is C22H24N4O. The van der Waals surface area contributed by atoms with Crippen LogP contribution in [0.2, 0.25) is 0 Å². The number of aromatic nitrogens is 3. The fraction of sp³-hybridized carbons (Fsp3) is 0.318. The van der Waals surface area contributed by atoms with Gasteiger partial charge < -0.3 is 5.32 Å². The molecule has 0 spiro atoms. The molecule has 1 fully saturated rings. The molecule has 1 aliphatic rings. The lowest BCUT2D eigenvalue weighted by Gasteiger charge is -2.11. The van der Waals surface area contributed by atoms with Crippen LogP contribution in [0.15, 0.2) is 48.7 Å². The van der Waals surface area contributed by atoms with Crippen molar-refractivity contribution >= 4 is 11.7 Å². The highest BCUT2D eigenvalue weighted by atomic mass is 16.1. The number of nitrogens with zero attached hydrogens (tertiary/aromatic N) is 3. The smallest absolute Gasteiger partial charge is 0.256 e. The topological polar surface area (TPSA) is 59.8 Å². The predicted octanol–water partition coefficient (Wildman–Crippen LogP) is 4.79. The van der Waals surface area contributed by atoms with E-state index in [0.29, 0.717) is 11.5 Å². The van der Waals surface area contributed by atoms with Gasteiger partial charge in [-0.1, -0.05) is 31.2 Å². The van der Waals surface area contributed by atoms with Crippen LogP contribution in [-0.4, -0.2) is 20.7 Å². The molecule has 1 saturated carbocycles. The van der Waals surface area contributed by atoms with Crippen molar-refractivity contribution in [1.82, 2.24) is 14.8 Å². The van der Waals surface area contributed by atoms with E-state index < -0.39 is 0 Å². The number of carbonyl (C=O) groups is 1. The molecule has 0 radical (unpaired) electrons. The Kier molecular flexibility index (Phi) is 4.75. The van der Waals surface area contributed by atoms with Crippen molar-refractivity contribution in [3.05, 3.63) is 65.5 Å². The minimum atomic E-state index is -0.122. The van der Waals surface area contributed by atoms with Gasteiger partial charge in [0, 0.05) is 24.2 Å². The van der Waals surface area contributed by atoms with Crippen LogP contribution in [0, 0.1) is 6.92 Å². The Balaban J connectivity index is 1.80. The van der Waals surface area contributed by atoms with Gasteiger partial charge in [0.25, 0.3) is 5.91 Å². The average molecular weight is 360 g/mol. The Labute approximate surface area is 159 Å². The summed E-state index contributed by atoms with van der Waals surface area (Å²) >= 11 is 0. The standard InChI is InChI=1S/C22H24N4O/c1-3-13-26-21(24-22(27)17-7-5-4-6-8-17)19(20(25-26)16-10-11-16)18-12-9-15(2)14-23-18/h4-9,12,14,16H,3,10-11,13H2,1-2H3,(H,24,27). The van der Waals surface area contributed by atoms with Gasteiger partial charge in [0.15, 0.2) is 0 Å². The molecule has 4 rings (SSSR count). The van der Waals surface area contributed by atoms with Crippen LogP contribution < -0.4 is 5.32 Å². The summed E-state index contributed by atoms with van der Waals surface area (Å²) in [6.45, 7) is 4.90. The van der Waals surface area contributed by atoms with Gasteiger partial charge in [-0.3, -0.25) is 9.78 Å². The number of hydrogen-bond acceptors (Lipinski definition) is 3. The highest BCUT2D eigenvalue weighted by Gasteiger charge is 2.33. The molecule has 0 saturated heterocycles. The van der Waals surface area contributed by atoms with Gasteiger partial charge in [0.2, 0.25) is 0 Å². The summed E-state index contributed by atoms with van der Waals surface area (Å²) in [5, 5.41) is 7.99. The number of anilines is 1. The van der Waals surface area contributed by atoms with E-state index in [1.807, 2.05) is 54.2 Å². The first-order valence-corrected chi connectivity index (χ1v) is 9.57. The highest BCUT2D eigenvalue weighted by molar-refractivity contribution is 6.05. The molecular weight excluding hydrogens is 336 g/mol. The van der Waals surface area contributed by atoms with Gasteiger partial charge in [-0.15, -0.1) is 0 Å². The van der Waals surface area contributed by atoms with E-state index in [1.165, 1.54) is 0 Å². The summed E-state index contributed by atoms with van der Waals surface area (Å²) in [5.74, 6) is 1.10. The van der Waals surface area contributed by atoms with E-state index in [1.54, 1.807) is 0 Å². The lowest BCUT2D eigenvalue weighted by atomic mass is 10.1. The Morgan fingerprint density at radius 3 is 2.59 bits per heavy atom. The van der Waals surface area contributed by atoms with E-state index in [4.69, 9.17) is 5.10 Å². The Morgan fingerprint density at radius 2 is 1.96 bits per heavy atom. The number of amides is 1. The molecule has 1 aromatic carbocycles. The first kappa shape index (κ1) is 17.5. The number of benzene rings is 1. The zero-order valence-electron chi connectivity index (χ0n) is 15.8. The fourth-order valence-corrected chi connectivity index (χ4v) is 3.26. The number of nitrogens with one attached hydrogen (secondary N) is 1. The first-order chi connectivity index (χ1) is 13.2. The second-order valence-electron chi connectivity index (χ2n) is 7.15. The average Bonchev–Trinajstić information content (AvgIpc) is 3.48. The van der Waals surface area contributed by atoms with Crippen molar-refractivity contribution in [3.8, 4) is 11.3 Å². The molecule has 0 bridgehead atoms. The van der Waals surface area contributed by atoms with Gasteiger partial charge >= 0.3 is 0 Å². The molecule has 2 heterocycles. The quantitative estimate of drug-likeness (QED) is 0.687. The third kappa shape index (κ3) is 3.63. The lowest BCUT2D eigenvalue weighted by Crippen LogP contribution is -2.16. The summed E-state index contributed by atoms with van der Waals surface area (Å²) in [4.78, 5) is 17.5. The number of pyridine rings is 1. The van der Waals surface area contributed by atoms with Crippen LogP contribution in [0.1, 0.15) is 53.7 Å². The molecule has 1 amide bonds. The zero-order chi connectivity index (χ0) is 18.8. The molecule has 5 nitrogen and oxygen atoms in total. The predicted molar refractivity (Wildman–Crippen MR) is 107 cm³/mol. The fourth-order valence-electron chi connectivity index (χ4n) is 3.26. The van der Waals surface area contributed by atoms with Crippen molar-refractivity contribution in [2.24, 2.45) is 0 Å². The van der Waals surface area contributed by atoms with Crippen molar-refractivity contribution in [2.45, 2.75) is 45.6 Å². The van der Waals surface area contributed by atoms with Crippen LogP contribution >= 0.6 is 0 Å². The maximum absolute atomic E-state index is 12.8. The van der Waals surface area contributed by atoms with Gasteiger partial charge in [0.05, 0.1) is 17.0 Å². The van der Waals surface area contributed by atoms with Crippen LogP contribution in [0.3, 0.4) is 0 Å². The number of carbonyl (C=O) groups excluding carboxylic acids is 1. The van der Waals surface area contributed by atoms with Gasteiger partial charge in [-0.25, -0.2) is 4.68 Å². The van der Waals surface area contributed by atoms with Gasteiger partial charge in [-0.05, 0) is 49.9 Å². The van der Waals surface area contributed by atoms with Crippen LogP contribution in [0.4, 0.5) is 5.82 Å². The van der Waals surface area contributed by atoms with Crippen molar-refractivity contribution in [1.29, 1.82) is 0 Å². The van der Waals surface area contributed by atoms with E-state index in [-0.39, 0.29) is 5.91 Å². The minimum Gasteiger partial charge on any atom is -0.306 e.